The second kappa shape index (κ2) is 8.60. The maximum Gasteiger partial charge on any atom is 0.433 e. The lowest BCUT2D eigenvalue weighted by atomic mass is 10.2. The van der Waals surface area contributed by atoms with E-state index in [1.807, 2.05) is 13.0 Å². The Morgan fingerprint density at radius 2 is 1.94 bits per heavy atom. The Morgan fingerprint density at radius 3 is 2.58 bits per heavy atom. The van der Waals surface area contributed by atoms with Crippen molar-refractivity contribution in [3.05, 3.63) is 57.0 Å². The number of aryl methyl sites for hydroxylation is 2. The number of amides is 1. The van der Waals surface area contributed by atoms with Crippen molar-refractivity contribution < 1.29 is 27.5 Å². The van der Waals surface area contributed by atoms with Crippen molar-refractivity contribution in [3.63, 3.8) is 0 Å². The first-order chi connectivity index (χ1) is 15.6. The number of methoxy groups -OCH3 is 1. The second-order valence-corrected chi connectivity index (χ2v) is 9.41. The van der Waals surface area contributed by atoms with Gasteiger partial charge in [0.2, 0.25) is 0 Å². The van der Waals surface area contributed by atoms with E-state index < -0.39 is 23.7 Å². The normalized spacial score (nSPS) is 11.7. The number of hydrogen-bond donors (Lipinski definition) is 1. The highest BCUT2D eigenvalue weighted by Crippen LogP contribution is 2.35. The van der Waals surface area contributed by atoms with Gasteiger partial charge in [0.1, 0.15) is 5.00 Å². The molecule has 4 aromatic heterocycles. The molecule has 0 radical (unpaired) electrons. The molecular weight excluding hydrogens is 477 g/mol. The van der Waals surface area contributed by atoms with Crippen molar-refractivity contribution in [2.75, 3.05) is 12.4 Å². The Kier molecular flexibility index (Phi) is 5.97. The molecule has 12 heteroatoms. The van der Waals surface area contributed by atoms with Crippen LogP contribution >= 0.6 is 22.7 Å². The van der Waals surface area contributed by atoms with Crippen LogP contribution < -0.4 is 5.32 Å². The molecule has 1 N–H and O–H groups in total. The molecule has 0 aromatic carbocycles. The molecule has 1 amide bonds. The fourth-order valence-corrected chi connectivity index (χ4v) is 4.96. The summed E-state index contributed by atoms with van der Waals surface area (Å²) in [6, 6.07) is 7.22. The summed E-state index contributed by atoms with van der Waals surface area (Å²) in [6.07, 6.45) is -3.96. The molecule has 0 aliphatic carbocycles. The molecule has 0 spiro atoms. The maximum atomic E-state index is 13.8. The summed E-state index contributed by atoms with van der Waals surface area (Å²) in [4.78, 5) is 31.4. The van der Waals surface area contributed by atoms with Crippen LogP contribution in [0.4, 0.5) is 18.2 Å². The topological polar surface area (TPSA) is 85.6 Å². The molecule has 0 saturated carbocycles. The van der Waals surface area contributed by atoms with Crippen LogP contribution in [0.1, 0.15) is 43.2 Å². The van der Waals surface area contributed by atoms with E-state index in [0.29, 0.717) is 9.39 Å². The van der Waals surface area contributed by atoms with Crippen LogP contribution in [0, 0.1) is 6.92 Å². The molecule has 0 fully saturated rings. The number of nitrogens with zero attached hydrogens (tertiary/aromatic N) is 3. The van der Waals surface area contributed by atoms with Crippen LogP contribution in [0.2, 0.25) is 0 Å². The molecule has 7 nitrogen and oxygen atoms in total. The minimum atomic E-state index is -4.72. The summed E-state index contributed by atoms with van der Waals surface area (Å²) in [5.74, 6) is -1.41. The molecule has 172 valence electrons. The molecule has 0 bridgehead atoms. The number of nitrogens with one attached hydrogen (secondary N) is 1. The molecular formula is C21H17F3N4O3S2. The average Bonchev–Trinajstić information content (AvgIpc) is 3.49. The highest BCUT2D eigenvalue weighted by Gasteiger charge is 2.36. The number of carbonyl (C=O) groups is 2. The number of esters is 1. The number of carbonyl (C=O) groups excluding carboxylic acids is 2. The van der Waals surface area contributed by atoms with E-state index in [-0.39, 0.29) is 27.6 Å². The predicted octanol–water partition coefficient (Wildman–Crippen LogP) is 5.45. The van der Waals surface area contributed by atoms with Gasteiger partial charge in [-0.2, -0.15) is 18.3 Å². The molecule has 4 aromatic rings. The third-order valence-corrected chi connectivity index (χ3v) is 6.92. The summed E-state index contributed by atoms with van der Waals surface area (Å²) >= 11 is 2.49. The van der Waals surface area contributed by atoms with Crippen molar-refractivity contribution in [2.24, 2.45) is 0 Å². The number of aromatic nitrogens is 3. The van der Waals surface area contributed by atoms with Gasteiger partial charge >= 0.3 is 12.1 Å². The fourth-order valence-electron chi connectivity index (χ4n) is 3.16. The zero-order valence-corrected chi connectivity index (χ0v) is 19.2. The number of alkyl halides is 3. The molecule has 0 aliphatic rings. The van der Waals surface area contributed by atoms with Gasteiger partial charge in [-0.05, 0) is 37.6 Å². The Labute approximate surface area is 193 Å². The predicted molar refractivity (Wildman–Crippen MR) is 119 cm³/mol. The van der Waals surface area contributed by atoms with Crippen LogP contribution in [0.25, 0.3) is 16.2 Å². The van der Waals surface area contributed by atoms with Gasteiger partial charge in [0.05, 0.1) is 23.2 Å². The lowest BCUT2D eigenvalue weighted by Crippen LogP contribution is -2.16. The number of anilines is 1. The minimum absolute atomic E-state index is 0.119. The van der Waals surface area contributed by atoms with Gasteiger partial charge in [-0.3, -0.25) is 4.79 Å². The molecule has 0 unspecified atom stereocenters. The summed E-state index contributed by atoms with van der Waals surface area (Å²) in [5, 5.41) is 6.60. The van der Waals surface area contributed by atoms with Gasteiger partial charge in [-0.15, -0.1) is 22.7 Å². The number of ether oxygens (including phenoxy) is 1. The summed E-state index contributed by atoms with van der Waals surface area (Å²) in [5.41, 5.74) is -1.14. The van der Waals surface area contributed by atoms with E-state index >= 15 is 0 Å². The van der Waals surface area contributed by atoms with E-state index in [1.54, 1.807) is 19.1 Å². The van der Waals surface area contributed by atoms with Gasteiger partial charge in [-0.25, -0.2) is 14.3 Å². The molecule has 4 rings (SSSR count). The minimum Gasteiger partial charge on any atom is -0.465 e. The zero-order valence-electron chi connectivity index (χ0n) is 17.6. The van der Waals surface area contributed by atoms with Gasteiger partial charge in [-0.1, -0.05) is 6.92 Å². The maximum absolute atomic E-state index is 13.8. The number of rotatable bonds is 5. The standard InChI is InChI=1S/C21H17F3N4O3S2/c1-4-11-5-6-15(33-11)13-8-16(21(22,23)24)28-17(25-13)9-14(27-28)18(29)26-19-12(20(30)31-3)7-10(2)32-19/h5-9H,4H2,1-3H3,(H,26,29). The third-order valence-electron chi connectivity index (χ3n) is 4.70. The van der Waals surface area contributed by atoms with E-state index in [4.69, 9.17) is 4.74 Å². The van der Waals surface area contributed by atoms with E-state index in [9.17, 15) is 22.8 Å². The molecule has 0 atom stereocenters. The summed E-state index contributed by atoms with van der Waals surface area (Å²) in [7, 11) is 1.21. The van der Waals surface area contributed by atoms with E-state index in [0.717, 1.165) is 33.6 Å². The molecule has 33 heavy (non-hydrogen) atoms. The number of hydrogen-bond acceptors (Lipinski definition) is 7. The summed E-state index contributed by atoms with van der Waals surface area (Å²) < 4.78 is 46.7. The van der Waals surface area contributed by atoms with Crippen molar-refractivity contribution in [3.8, 4) is 10.6 Å². The van der Waals surface area contributed by atoms with Crippen molar-refractivity contribution >= 4 is 45.2 Å². The highest BCUT2D eigenvalue weighted by atomic mass is 32.1. The molecule has 4 heterocycles. The summed E-state index contributed by atoms with van der Waals surface area (Å²) in [6.45, 7) is 3.70. The zero-order chi connectivity index (χ0) is 23.9. The van der Waals surface area contributed by atoms with Gasteiger partial charge < -0.3 is 10.1 Å². The number of fused-ring (bicyclic) bond motifs is 1. The van der Waals surface area contributed by atoms with Gasteiger partial charge in [0.25, 0.3) is 5.91 Å². The van der Waals surface area contributed by atoms with Crippen LogP contribution in [0.15, 0.2) is 30.3 Å². The first-order valence-electron chi connectivity index (χ1n) is 9.68. The quantitative estimate of drug-likeness (QED) is 0.373. The SMILES string of the molecule is CCc1ccc(-c2cc(C(F)(F)F)n3nc(C(=O)Nc4sc(C)cc4C(=O)OC)cc3n2)s1. The van der Waals surface area contributed by atoms with Crippen molar-refractivity contribution in [1.29, 1.82) is 0 Å². The molecule has 0 saturated heterocycles. The smallest absolute Gasteiger partial charge is 0.433 e. The Bertz CT molecular complexity index is 1370. The highest BCUT2D eigenvalue weighted by molar-refractivity contribution is 7.16. The van der Waals surface area contributed by atoms with Crippen LogP contribution in [-0.2, 0) is 17.3 Å². The van der Waals surface area contributed by atoms with Crippen LogP contribution in [0.5, 0.6) is 0 Å². The van der Waals surface area contributed by atoms with Gasteiger partial charge in [0, 0.05) is 15.8 Å². The third kappa shape index (κ3) is 4.48. The fraction of sp³-hybridized carbons (Fsp3) is 0.238. The van der Waals surface area contributed by atoms with Crippen LogP contribution in [-0.4, -0.2) is 33.6 Å². The first kappa shape index (κ1) is 22.9. The van der Waals surface area contributed by atoms with Crippen molar-refractivity contribution in [2.45, 2.75) is 26.4 Å². The molecule has 0 aliphatic heterocycles. The lowest BCUT2D eigenvalue weighted by Gasteiger charge is -2.10. The number of halogens is 3. The average molecular weight is 495 g/mol. The second-order valence-electron chi connectivity index (χ2n) is 6.99. The van der Waals surface area contributed by atoms with Gasteiger partial charge in [0.15, 0.2) is 17.0 Å². The van der Waals surface area contributed by atoms with Crippen molar-refractivity contribution in [1.82, 2.24) is 14.6 Å². The van der Waals surface area contributed by atoms with E-state index in [1.165, 1.54) is 24.5 Å². The Balaban J connectivity index is 1.76. The monoisotopic (exact) mass is 494 g/mol. The number of thiophene rings is 2. The largest absolute Gasteiger partial charge is 0.465 e. The van der Waals surface area contributed by atoms with E-state index in [2.05, 4.69) is 15.4 Å². The Morgan fingerprint density at radius 1 is 1.18 bits per heavy atom. The first-order valence-corrected chi connectivity index (χ1v) is 11.3. The lowest BCUT2D eigenvalue weighted by molar-refractivity contribution is -0.142. The Hall–Kier alpha value is -3.25. The van der Waals surface area contributed by atoms with Crippen LogP contribution in [0.3, 0.4) is 0 Å².